The van der Waals surface area contributed by atoms with Crippen molar-refractivity contribution >= 4 is 12.1 Å². The molecule has 14 heavy (non-hydrogen) atoms. The summed E-state index contributed by atoms with van der Waals surface area (Å²) in [5.74, 6) is 1.30. The van der Waals surface area contributed by atoms with Gasteiger partial charge >= 0.3 is 0 Å². The van der Waals surface area contributed by atoms with Crippen molar-refractivity contribution in [1.82, 2.24) is 0 Å². The second-order valence-corrected chi connectivity index (χ2v) is 2.78. The van der Waals surface area contributed by atoms with Crippen molar-refractivity contribution in [2.45, 2.75) is 6.92 Å². The SMILES string of the molecule is COc1cc(C)c(NC=O)c(OC)c1. The minimum atomic E-state index is 0.592. The van der Waals surface area contributed by atoms with Gasteiger partial charge < -0.3 is 14.8 Å². The number of aryl methyl sites for hydroxylation is 1. The van der Waals surface area contributed by atoms with Crippen LogP contribution < -0.4 is 14.8 Å². The molecule has 0 saturated carbocycles. The zero-order chi connectivity index (χ0) is 10.6. The lowest BCUT2D eigenvalue weighted by Gasteiger charge is -2.12. The smallest absolute Gasteiger partial charge is 0.211 e. The topological polar surface area (TPSA) is 47.6 Å². The third-order valence-electron chi connectivity index (χ3n) is 1.93. The molecule has 0 spiro atoms. The lowest BCUT2D eigenvalue weighted by molar-refractivity contribution is -0.105. The number of amides is 1. The van der Waals surface area contributed by atoms with Gasteiger partial charge in [0.25, 0.3) is 0 Å². The molecule has 0 aromatic heterocycles. The van der Waals surface area contributed by atoms with Crippen LogP contribution in [0.1, 0.15) is 5.56 Å². The van der Waals surface area contributed by atoms with E-state index in [9.17, 15) is 4.79 Å². The molecule has 0 heterocycles. The number of hydrogen-bond acceptors (Lipinski definition) is 3. The monoisotopic (exact) mass is 195 g/mol. The van der Waals surface area contributed by atoms with Gasteiger partial charge in [0.05, 0.1) is 19.9 Å². The van der Waals surface area contributed by atoms with E-state index in [1.54, 1.807) is 20.3 Å². The quantitative estimate of drug-likeness (QED) is 0.742. The van der Waals surface area contributed by atoms with Crippen molar-refractivity contribution in [3.05, 3.63) is 17.7 Å². The fourth-order valence-electron chi connectivity index (χ4n) is 1.25. The van der Waals surface area contributed by atoms with Crippen LogP contribution in [0.25, 0.3) is 0 Å². The van der Waals surface area contributed by atoms with Crippen molar-refractivity contribution in [3.8, 4) is 11.5 Å². The molecule has 0 aliphatic carbocycles. The molecule has 0 unspecified atom stereocenters. The van der Waals surface area contributed by atoms with E-state index in [1.165, 1.54) is 0 Å². The Kier molecular flexibility index (Phi) is 3.34. The maximum Gasteiger partial charge on any atom is 0.211 e. The van der Waals surface area contributed by atoms with E-state index >= 15 is 0 Å². The Balaban J connectivity index is 3.19. The van der Waals surface area contributed by atoms with Crippen LogP contribution in [0, 0.1) is 6.92 Å². The minimum absolute atomic E-state index is 0.592. The van der Waals surface area contributed by atoms with E-state index in [1.807, 2.05) is 13.0 Å². The summed E-state index contributed by atoms with van der Waals surface area (Å²) < 4.78 is 10.2. The summed E-state index contributed by atoms with van der Waals surface area (Å²) in [5.41, 5.74) is 1.57. The van der Waals surface area contributed by atoms with Gasteiger partial charge in [-0.25, -0.2) is 0 Å². The van der Waals surface area contributed by atoms with E-state index < -0.39 is 0 Å². The van der Waals surface area contributed by atoms with Gasteiger partial charge in [0, 0.05) is 6.07 Å². The predicted octanol–water partition coefficient (Wildman–Crippen LogP) is 1.58. The summed E-state index contributed by atoms with van der Waals surface area (Å²) in [6.45, 7) is 1.87. The Labute approximate surface area is 82.8 Å². The number of methoxy groups -OCH3 is 2. The van der Waals surface area contributed by atoms with E-state index in [0.717, 1.165) is 5.56 Å². The maximum absolute atomic E-state index is 10.4. The number of nitrogens with one attached hydrogen (secondary N) is 1. The third-order valence-corrected chi connectivity index (χ3v) is 1.93. The van der Waals surface area contributed by atoms with Crippen LogP contribution in [0.2, 0.25) is 0 Å². The third kappa shape index (κ3) is 1.96. The predicted molar refractivity (Wildman–Crippen MR) is 54.0 cm³/mol. The Hall–Kier alpha value is -1.71. The largest absolute Gasteiger partial charge is 0.497 e. The van der Waals surface area contributed by atoms with Gasteiger partial charge in [-0.05, 0) is 18.6 Å². The first-order valence-electron chi connectivity index (χ1n) is 4.15. The van der Waals surface area contributed by atoms with Crippen molar-refractivity contribution in [2.24, 2.45) is 0 Å². The lowest BCUT2D eigenvalue weighted by atomic mass is 10.1. The molecule has 0 fully saturated rings. The minimum Gasteiger partial charge on any atom is -0.497 e. The van der Waals surface area contributed by atoms with Crippen LogP contribution >= 0.6 is 0 Å². The second kappa shape index (κ2) is 4.50. The second-order valence-electron chi connectivity index (χ2n) is 2.78. The fraction of sp³-hybridized carbons (Fsp3) is 0.300. The zero-order valence-corrected chi connectivity index (χ0v) is 8.46. The summed E-state index contributed by atoms with van der Waals surface area (Å²) in [4.78, 5) is 10.4. The molecule has 1 N–H and O–H groups in total. The zero-order valence-electron chi connectivity index (χ0n) is 8.46. The van der Waals surface area contributed by atoms with E-state index in [4.69, 9.17) is 9.47 Å². The molecule has 76 valence electrons. The van der Waals surface area contributed by atoms with Gasteiger partial charge in [-0.15, -0.1) is 0 Å². The van der Waals surface area contributed by atoms with Crippen molar-refractivity contribution < 1.29 is 14.3 Å². The van der Waals surface area contributed by atoms with Gasteiger partial charge in [-0.2, -0.15) is 0 Å². The molecule has 1 rings (SSSR count). The molecule has 1 aromatic rings. The first kappa shape index (κ1) is 10.4. The highest BCUT2D eigenvalue weighted by molar-refractivity contribution is 5.78. The normalized spacial score (nSPS) is 9.36. The molecule has 0 aliphatic heterocycles. The highest BCUT2D eigenvalue weighted by Crippen LogP contribution is 2.32. The molecule has 4 nitrogen and oxygen atoms in total. The molecule has 1 amide bonds. The average Bonchev–Trinajstić information content (AvgIpc) is 2.20. The molecule has 0 bridgehead atoms. The number of carbonyl (C=O) groups excluding carboxylic acids is 1. The molecule has 0 atom stereocenters. The first-order chi connectivity index (χ1) is 6.72. The summed E-state index contributed by atoms with van der Waals surface area (Å²) >= 11 is 0. The Morgan fingerprint density at radius 3 is 2.50 bits per heavy atom. The average molecular weight is 195 g/mol. The maximum atomic E-state index is 10.4. The van der Waals surface area contributed by atoms with Crippen LogP contribution in [0.4, 0.5) is 5.69 Å². The summed E-state index contributed by atoms with van der Waals surface area (Å²) in [6.07, 6.45) is 0.622. The molecular formula is C10H13NO3. The lowest BCUT2D eigenvalue weighted by Crippen LogP contribution is -2.00. The molecule has 0 aliphatic rings. The van der Waals surface area contributed by atoms with Gasteiger partial charge in [-0.1, -0.05) is 0 Å². The van der Waals surface area contributed by atoms with Gasteiger partial charge in [0.15, 0.2) is 0 Å². The first-order valence-corrected chi connectivity index (χ1v) is 4.15. The Bertz CT molecular complexity index is 336. The number of benzene rings is 1. The molecule has 4 heteroatoms. The van der Waals surface area contributed by atoms with Crippen molar-refractivity contribution in [3.63, 3.8) is 0 Å². The van der Waals surface area contributed by atoms with Gasteiger partial charge in [-0.3, -0.25) is 4.79 Å². The number of hydrogen-bond donors (Lipinski definition) is 1. The molecular weight excluding hydrogens is 182 g/mol. The number of anilines is 1. The number of rotatable bonds is 4. The van der Waals surface area contributed by atoms with Gasteiger partial charge in [0.1, 0.15) is 11.5 Å². The standard InChI is InChI=1S/C10H13NO3/c1-7-4-8(13-2)5-9(14-3)10(7)11-6-12/h4-6H,1-3H3,(H,11,12). The van der Waals surface area contributed by atoms with Crippen LogP contribution in [0.5, 0.6) is 11.5 Å². The Morgan fingerprint density at radius 2 is 2.00 bits per heavy atom. The number of ether oxygens (including phenoxy) is 2. The highest BCUT2D eigenvalue weighted by atomic mass is 16.5. The van der Waals surface area contributed by atoms with Crippen LogP contribution in [0.15, 0.2) is 12.1 Å². The fourth-order valence-corrected chi connectivity index (χ4v) is 1.25. The molecule has 1 aromatic carbocycles. The van der Waals surface area contributed by atoms with E-state index in [0.29, 0.717) is 23.6 Å². The van der Waals surface area contributed by atoms with Crippen molar-refractivity contribution in [2.75, 3.05) is 19.5 Å². The van der Waals surface area contributed by atoms with Crippen LogP contribution in [-0.4, -0.2) is 20.6 Å². The van der Waals surface area contributed by atoms with Gasteiger partial charge in [0.2, 0.25) is 6.41 Å². The van der Waals surface area contributed by atoms with Crippen molar-refractivity contribution in [1.29, 1.82) is 0 Å². The van der Waals surface area contributed by atoms with Crippen LogP contribution in [-0.2, 0) is 4.79 Å². The van der Waals surface area contributed by atoms with E-state index in [2.05, 4.69) is 5.32 Å². The summed E-state index contributed by atoms with van der Waals surface area (Å²) in [5, 5.41) is 2.59. The van der Waals surface area contributed by atoms with E-state index in [-0.39, 0.29) is 0 Å². The summed E-state index contributed by atoms with van der Waals surface area (Å²) in [7, 11) is 3.13. The summed E-state index contributed by atoms with van der Waals surface area (Å²) in [6, 6.07) is 3.55. The molecule has 0 saturated heterocycles. The molecule has 0 radical (unpaired) electrons. The number of carbonyl (C=O) groups is 1. The highest BCUT2D eigenvalue weighted by Gasteiger charge is 2.08. The Morgan fingerprint density at radius 1 is 1.29 bits per heavy atom. The van der Waals surface area contributed by atoms with Crippen LogP contribution in [0.3, 0.4) is 0 Å².